The van der Waals surface area contributed by atoms with Gasteiger partial charge in [-0.15, -0.1) is 0 Å². The molecule has 1 fully saturated rings. The summed E-state index contributed by atoms with van der Waals surface area (Å²) in [6.07, 6.45) is 7.43. The predicted molar refractivity (Wildman–Crippen MR) is 81.4 cm³/mol. The molecule has 0 saturated carbocycles. The van der Waals surface area contributed by atoms with E-state index in [2.05, 4.69) is 19.2 Å². The minimum Gasteiger partial charge on any atom is -0.343 e. The van der Waals surface area contributed by atoms with E-state index >= 15 is 0 Å². The van der Waals surface area contributed by atoms with Crippen LogP contribution in [0.25, 0.3) is 0 Å². The van der Waals surface area contributed by atoms with E-state index in [1.165, 1.54) is 19.3 Å². The van der Waals surface area contributed by atoms with E-state index in [1.54, 1.807) is 0 Å². The van der Waals surface area contributed by atoms with Crippen LogP contribution >= 0.6 is 0 Å². The summed E-state index contributed by atoms with van der Waals surface area (Å²) in [6, 6.07) is -0.502. The molecular weight excluding hydrogens is 252 g/mol. The van der Waals surface area contributed by atoms with Crippen LogP contribution in [0.15, 0.2) is 0 Å². The third kappa shape index (κ3) is 4.22. The molecule has 1 aliphatic heterocycles. The van der Waals surface area contributed by atoms with Crippen LogP contribution in [0.1, 0.15) is 72.6 Å². The van der Waals surface area contributed by atoms with E-state index < -0.39 is 0 Å². The molecule has 1 N–H and O–H groups in total. The first-order valence-electron chi connectivity index (χ1n) is 8.15. The lowest BCUT2D eigenvalue weighted by Gasteiger charge is -2.41. The zero-order valence-corrected chi connectivity index (χ0v) is 13.4. The number of rotatable bonds is 8. The molecule has 0 aliphatic carbocycles. The third-order valence-corrected chi connectivity index (χ3v) is 4.19. The zero-order valence-electron chi connectivity index (χ0n) is 13.4. The molecule has 1 saturated heterocycles. The summed E-state index contributed by atoms with van der Waals surface area (Å²) in [7, 11) is 0. The van der Waals surface area contributed by atoms with E-state index in [4.69, 9.17) is 0 Å². The Morgan fingerprint density at radius 2 is 1.85 bits per heavy atom. The number of unbranched alkanes of at least 4 members (excludes halogenated alkanes) is 3. The van der Waals surface area contributed by atoms with Crippen LogP contribution in [0.3, 0.4) is 0 Å². The number of nitrogens with zero attached hydrogens (tertiary/aromatic N) is 1. The van der Waals surface area contributed by atoms with Gasteiger partial charge in [0.1, 0.15) is 12.1 Å². The maximum atomic E-state index is 12.5. The Kier molecular flexibility index (Phi) is 7.03. The maximum Gasteiger partial charge on any atom is 0.246 e. The SMILES string of the molecule is CCCCCCC(C)N1C(=O)C(CCC)NC(=O)C1C. The molecule has 0 radical (unpaired) electrons. The Bertz CT molecular complexity index is 330. The van der Waals surface area contributed by atoms with Crippen molar-refractivity contribution in [3.8, 4) is 0 Å². The summed E-state index contributed by atoms with van der Waals surface area (Å²) in [5.74, 6) is 0.0883. The monoisotopic (exact) mass is 282 g/mol. The number of carbonyl (C=O) groups is 2. The highest BCUT2D eigenvalue weighted by molar-refractivity contribution is 5.96. The van der Waals surface area contributed by atoms with Gasteiger partial charge in [-0.25, -0.2) is 0 Å². The van der Waals surface area contributed by atoms with Crippen molar-refractivity contribution in [2.24, 2.45) is 0 Å². The zero-order chi connectivity index (χ0) is 15.1. The summed E-state index contributed by atoms with van der Waals surface area (Å²) in [4.78, 5) is 26.3. The Hall–Kier alpha value is -1.06. The van der Waals surface area contributed by atoms with Gasteiger partial charge in [0.05, 0.1) is 0 Å². The van der Waals surface area contributed by atoms with Crippen molar-refractivity contribution >= 4 is 11.8 Å². The average molecular weight is 282 g/mol. The van der Waals surface area contributed by atoms with Crippen molar-refractivity contribution in [3.63, 3.8) is 0 Å². The normalized spacial score (nSPS) is 24.7. The third-order valence-electron chi connectivity index (χ3n) is 4.19. The van der Waals surface area contributed by atoms with Crippen molar-refractivity contribution < 1.29 is 9.59 Å². The number of hydrogen-bond acceptors (Lipinski definition) is 2. The lowest BCUT2D eigenvalue weighted by molar-refractivity contribution is -0.151. The summed E-state index contributed by atoms with van der Waals surface area (Å²) >= 11 is 0. The molecule has 116 valence electrons. The van der Waals surface area contributed by atoms with Gasteiger partial charge in [-0.05, 0) is 26.7 Å². The highest BCUT2D eigenvalue weighted by Crippen LogP contribution is 2.20. The number of amides is 2. The lowest BCUT2D eigenvalue weighted by atomic mass is 9.99. The summed E-state index contributed by atoms with van der Waals surface area (Å²) < 4.78 is 0. The molecule has 3 unspecified atom stereocenters. The summed E-state index contributed by atoms with van der Waals surface area (Å²) in [6.45, 7) is 8.13. The Morgan fingerprint density at radius 3 is 2.45 bits per heavy atom. The van der Waals surface area contributed by atoms with E-state index in [9.17, 15) is 9.59 Å². The van der Waals surface area contributed by atoms with Gasteiger partial charge in [-0.3, -0.25) is 9.59 Å². The van der Waals surface area contributed by atoms with Crippen molar-refractivity contribution in [1.29, 1.82) is 0 Å². The second-order valence-electron chi connectivity index (χ2n) is 5.97. The highest BCUT2D eigenvalue weighted by atomic mass is 16.2. The fourth-order valence-electron chi connectivity index (χ4n) is 2.94. The second kappa shape index (κ2) is 8.28. The van der Waals surface area contributed by atoms with Crippen LogP contribution < -0.4 is 5.32 Å². The molecule has 20 heavy (non-hydrogen) atoms. The van der Waals surface area contributed by atoms with Gasteiger partial charge in [-0.1, -0.05) is 46.0 Å². The Balaban J connectivity index is 2.63. The molecule has 2 amide bonds. The average Bonchev–Trinajstić information content (AvgIpc) is 2.41. The quantitative estimate of drug-likeness (QED) is 0.696. The topological polar surface area (TPSA) is 49.4 Å². The highest BCUT2D eigenvalue weighted by Gasteiger charge is 2.39. The largest absolute Gasteiger partial charge is 0.343 e. The van der Waals surface area contributed by atoms with E-state index in [1.807, 2.05) is 18.7 Å². The smallest absolute Gasteiger partial charge is 0.246 e. The molecule has 1 aliphatic rings. The number of nitrogens with one attached hydrogen (secondary N) is 1. The van der Waals surface area contributed by atoms with Crippen LogP contribution in [0, 0.1) is 0 Å². The minimum atomic E-state index is -0.336. The molecule has 0 aromatic carbocycles. The van der Waals surface area contributed by atoms with E-state index in [-0.39, 0.29) is 29.9 Å². The standard InChI is InChI=1S/C16H30N2O2/c1-5-7-8-9-11-12(3)18-13(4)15(19)17-14(10-6-2)16(18)20/h12-14H,5-11H2,1-4H3,(H,17,19). The van der Waals surface area contributed by atoms with Gasteiger partial charge in [0.25, 0.3) is 0 Å². The van der Waals surface area contributed by atoms with Crippen molar-refractivity contribution in [1.82, 2.24) is 10.2 Å². The number of piperazine rings is 1. The van der Waals surface area contributed by atoms with E-state index in [0.29, 0.717) is 0 Å². The lowest BCUT2D eigenvalue weighted by Crippen LogP contribution is -2.64. The summed E-state index contributed by atoms with van der Waals surface area (Å²) in [5, 5.41) is 2.85. The second-order valence-corrected chi connectivity index (χ2v) is 5.97. The molecular formula is C16H30N2O2. The van der Waals surface area contributed by atoms with Gasteiger partial charge < -0.3 is 10.2 Å². The molecule has 3 atom stereocenters. The molecule has 1 heterocycles. The van der Waals surface area contributed by atoms with Crippen LogP contribution in [-0.2, 0) is 9.59 Å². The van der Waals surface area contributed by atoms with Gasteiger partial charge in [0, 0.05) is 6.04 Å². The Morgan fingerprint density at radius 1 is 1.15 bits per heavy atom. The van der Waals surface area contributed by atoms with Crippen molar-refractivity contribution in [2.75, 3.05) is 0 Å². The van der Waals surface area contributed by atoms with Crippen LogP contribution in [0.5, 0.6) is 0 Å². The maximum absolute atomic E-state index is 12.5. The minimum absolute atomic E-state index is 0.0107. The van der Waals surface area contributed by atoms with Gasteiger partial charge in [0.15, 0.2) is 0 Å². The fraction of sp³-hybridized carbons (Fsp3) is 0.875. The first-order valence-corrected chi connectivity index (χ1v) is 8.15. The van der Waals surface area contributed by atoms with Gasteiger partial charge in [0.2, 0.25) is 11.8 Å². The molecule has 4 heteroatoms. The van der Waals surface area contributed by atoms with Gasteiger partial charge in [-0.2, -0.15) is 0 Å². The molecule has 0 aromatic heterocycles. The van der Waals surface area contributed by atoms with E-state index in [0.717, 1.165) is 25.7 Å². The molecule has 0 bridgehead atoms. The summed E-state index contributed by atoms with van der Waals surface area (Å²) in [5.41, 5.74) is 0. The van der Waals surface area contributed by atoms with Crippen LogP contribution in [0.4, 0.5) is 0 Å². The van der Waals surface area contributed by atoms with Gasteiger partial charge >= 0.3 is 0 Å². The van der Waals surface area contributed by atoms with Crippen LogP contribution in [0.2, 0.25) is 0 Å². The molecule has 4 nitrogen and oxygen atoms in total. The van der Waals surface area contributed by atoms with Crippen molar-refractivity contribution in [2.45, 2.75) is 90.8 Å². The Labute approximate surface area is 123 Å². The molecule has 0 spiro atoms. The number of carbonyl (C=O) groups excluding carboxylic acids is 2. The molecule has 0 aromatic rings. The van der Waals surface area contributed by atoms with Crippen molar-refractivity contribution in [3.05, 3.63) is 0 Å². The number of hydrogen-bond donors (Lipinski definition) is 1. The predicted octanol–water partition coefficient (Wildman–Crippen LogP) is 2.86. The first-order chi connectivity index (χ1) is 9.52. The molecule has 1 rings (SSSR count). The van der Waals surface area contributed by atoms with Crippen LogP contribution in [-0.4, -0.2) is 34.8 Å². The first kappa shape index (κ1) is 17.0. The fourth-order valence-corrected chi connectivity index (χ4v) is 2.94.